The van der Waals surface area contributed by atoms with Crippen LogP contribution in [-0.2, 0) is 11.2 Å². The number of hydrogen-bond donors (Lipinski definition) is 0. The lowest BCUT2D eigenvalue weighted by molar-refractivity contribution is -0.119. The third kappa shape index (κ3) is 2.56. The summed E-state index contributed by atoms with van der Waals surface area (Å²) in [6.07, 6.45) is 5.32. The number of hydrogen-bond acceptors (Lipinski definition) is 1. The molecule has 0 N–H and O–H groups in total. The summed E-state index contributed by atoms with van der Waals surface area (Å²) in [5.41, 5.74) is -0.0735. The highest BCUT2D eigenvalue weighted by Crippen LogP contribution is 2.49. The van der Waals surface area contributed by atoms with Crippen LogP contribution in [0.25, 0.3) is 0 Å². The third-order valence-corrected chi connectivity index (χ3v) is 4.81. The first kappa shape index (κ1) is 12.8. The Morgan fingerprint density at radius 2 is 1.89 bits per heavy atom. The van der Waals surface area contributed by atoms with Gasteiger partial charge in [0.1, 0.15) is 17.4 Å². The van der Waals surface area contributed by atoms with Crippen molar-refractivity contribution in [1.82, 2.24) is 0 Å². The molecule has 1 aromatic rings. The molecule has 2 saturated carbocycles. The molecule has 0 aromatic heterocycles. The smallest absolute Gasteiger partial charge is 0.137 e. The minimum Gasteiger partial charge on any atom is -0.299 e. The fourth-order valence-corrected chi connectivity index (χ4v) is 3.89. The first-order valence-electron chi connectivity index (χ1n) is 7.08. The van der Waals surface area contributed by atoms with E-state index < -0.39 is 11.6 Å². The summed E-state index contributed by atoms with van der Waals surface area (Å²) < 4.78 is 27.0. The van der Waals surface area contributed by atoms with Crippen LogP contribution in [0, 0.1) is 29.4 Å². The molecule has 2 aliphatic rings. The van der Waals surface area contributed by atoms with Gasteiger partial charge in [0.25, 0.3) is 0 Å². The standard InChI is InChI=1S/C16H18F2O/c17-15-2-1-3-16(18)14(15)9-13(19)8-12-7-10-4-5-11(12)6-10/h1-3,10-12H,4-9H2. The van der Waals surface area contributed by atoms with E-state index in [-0.39, 0.29) is 17.8 Å². The Kier molecular flexibility index (Phi) is 3.38. The van der Waals surface area contributed by atoms with Crippen LogP contribution >= 0.6 is 0 Å². The Morgan fingerprint density at radius 1 is 1.16 bits per heavy atom. The van der Waals surface area contributed by atoms with Crippen molar-refractivity contribution in [2.24, 2.45) is 17.8 Å². The highest BCUT2D eigenvalue weighted by Gasteiger charge is 2.40. The van der Waals surface area contributed by atoms with Gasteiger partial charge >= 0.3 is 0 Å². The Balaban J connectivity index is 1.62. The molecule has 3 heteroatoms. The zero-order valence-corrected chi connectivity index (χ0v) is 10.9. The van der Waals surface area contributed by atoms with E-state index in [1.165, 1.54) is 37.5 Å². The molecule has 0 radical (unpaired) electrons. The Hall–Kier alpha value is -1.25. The molecule has 0 saturated heterocycles. The maximum absolute atomic E-state index is 13.5. The highest BCUT2D eigenvalue weighted by molar-refractivity contribution is 5.81. The van der Waals surface area contributed by atoms with E-state index in [1.807, 2.05) is 0 Å². The summed E-state index contributed by atoms with van der Waals surface area (Å²) in [7, 11) is 0. The fraction of sp³-hybridized carbons (Fsp3) is 0.562. The molecular formula is C16H18F2O. The van der Waals surface area contributed by atoms with Gasteiger partial charge in [-0.2, -0.15) is 0 Å². The van der Waals surface area contributed by atoms with Crippen LogP contribution in [0.3, 0.4) is 0 Å². The lowest BCUT2D eigenvalue weighted by atomic mass is 9.84. The number of Topliss-reactive ketones (excluding diaryl/α,β-unsaturated/α-hetero) is 1. The second-order valence-electron chi connectivity index (χ2n) is 6.05. The van der Waals surface area contributed by atoms with E-state index in [0.29, 0.717) is 18.3 Å². The van der Waals surface area contributed by atoms with E-state index >= 15 is 0 Å². The Bertz CT molecular complexity index is 477. The molecule has 3 atom stereocenters. The summed E-state index contributed by atoms with van der Waals surface area (Å²) >= 11 is 0. The average molecular weight is 264 g/mol. The summed E-state index contributed by atoms with van der Waals surface area (Å²) in [5, 5.41) is 0. The van der Waals surface area contributed by atoms with Gasteiger partial charge in [-0.05, 0) is 49.1 Å². The van der Waals surface area contributed by atoms with Crippen molar-refractivity contribution >= 4 is 5.78 Å². The van der Waals surface area contributed by atoms with Crippen LogP contribution < -0.4 is 0 Å². The maximum Gasteiger partial charge on any atom is 0.137 e. The molecule has 0 spiro atoms. The predicted octanol–water partition coefficient (Wildman–Crippen LogP) is 3.90. The van der Waals surface area contributed by atoms with Crippen LogP contribution in [0.5, 0.6) is 0 Å². The van der Waals surface area contributed by atoms with Crippen LogP contribution in [-0.4, -0.2) is 5.78 Å². The zero-order chi connectivity index (χ0) is 13.4. The van der Waals surface area contributed by atoms with Crippen LogP contribution in [0.15, 0.2) is 18.2 Å². The number of halogens is 2. The van der Waals surface area contributed by atoms with Crippen LogP contribution in [0.2, 0.25) is 0 Å². The quantitative estimate of drug-likeness (QED) is 0.806. The molecule has 2 fully saturated rings. The van der Waals surface area contributed by atoms with Gasteiger partial charge < -0.3 is 0 Å². The molecular weight excluding hydrogens is 246 g/mol. The molecule has 3 unspecified atom stereocenters. The largest absolute Gasteiger partial charge is 0.299 e. The van der Waals surface area contributed by atoms with Gasteiger partial charge in [-0.3, -0.25) is 4.79 Å². The fourth-order valence-electron chi connectivity index (χ4n) is 3.89. The van der Waals surface area contributed by atoms with Gasteiger partial charge in [-0.1, -0.05) is 12.5 Å². The minimum absolute atomic E-state index is 0.0263. The Morgan fingerprint density at radius 3 is 2.47 bits per heavy atom. The van der Waals surface area contributed by atoms with Crippen molar-refractivity contribution in [3.63, 3.8) is 0 Å². The average Bonchev–Trinajstić information content (AvgIpc) is 2.96. The molecule has 1 nitrogen and oxygen atoms in total. The van der Waals surface area contributed by atoms with Crippen LogP contribution in [0.4, 0.5) is 8.78 Å². The van der Waals surface area contributed by atoms with E-state index in [1.54, 1.807) is 0 Å². The van der Waals surface area contributed by atoms with Gasteiger partial charge in [0, 0.05) is 18.4 Å². The van der Waals surface area contributed by atoms with Crippen molar-refractivity contribution in [1.29, 1.82) is 0 Å². The topological polar surface area (TPSA) is 17.1 Å². The van der Waals surface area contributed by atoms with Gasteiger partial charge in [0.2, 0.25) is 0 Å². The van der Waals surface area contributed by atoms with E-state index in [0.717, 1.165) is 12.3 Å². The van der Waals surface area contributed by atoms with Gasteiger partial charge in [-0.15, -0.1) is 0 Å². The van der Waals surface area contributed by atoms with Crippen molar-refractivity contribution in [3.05, 3.63) is 35.4 Å². The molecule has 0 amide bonds. The summed E-state index contributed by atoms with van der Waals surface area (Å²) in [4.78, 5) is 12.0. The zero-order valence-electron chi connectivity index (χ0n) is 10.9. The van der Waals surface area contributed by atoms with E-state index in [4.69, 9.17) is 0 Å². The lowest BCUT2D eigenvalue weighted by Crippen LogP contribution is -2.17. The maximum atomic E-state index is 13.5. The molecule has 3 rings (SSSR count). The summed E-state index contributed by atoms with van der Waals surface area (Å²) in [6.45, 7) is 0. The monoisotopic (exact) mass is 264 g/mol. The first-order chi connectivity index (χ1) is 9.13. The second-order valence-corrected chi connectivity index (χ2v) is 6.05. The molecule has 2 bridgehead atoms. The number of carbonyl (C=O) groups excluding carboxylic acids is 1. The number of ketones is 1. The normalized spacial score (nSPS) is 28.8. The van der Waals surface area contributed by atoms with Crippen molar-refractivity contribution in [2.45, 2.75) is 38.5 Å². The van der Waals surface area contributed by atoms with Crippen molar-refractivity contribution < 1.29 is 13.6 Å². The molecule has 19 heavy (non-hydrogen) atoms. The molecule has 102 valence electrons. The third-order valence-electron chi connectivity index (χ3n) is 4.81. The van der Waals surface area contributed by atoms with Gasteiger partial charge in [0.15, 0.2) is 0 Å². The van der Waals surface area contributed by atoms with E-state index in [9.17, 15) is 13.6 Å². The molecule has 2 aliphatic carbocycles. The molecule has 0 aliphatic heterocycles. The second kappa shape index (κ2) is 5.03. The number of rotatable bonds is 4. The SMILES string of the molecule is O=C(Cc1c(F)cccc1F)CC1CC2CCC1C2. The lowest BCUT2D eigenvalue weighted by Gasteiger charge is -2.20. The molecule has 0 heterocycles. The van der Waals surface area contributed by atoms with Gasteiger partial charge in [-0.25, -0.2) is 8.78 Å². The van der Waals surface area contributed by atoms with Gasteiger partial charge in [0.05, 0.1) is 0 Å². The van der Waals surface area contributed by atoms with E-state index in [2.05, 4.69) is 0 Å². The number of fused-ring (bicyclic) bond motifs is 2. The first-order valence-corrected chi connectivity index (χ1v) is 7.08. The minimum atomic E-state index is -0.610. The Labute approximate surface area is 112 Å². The highest BCUT2D eigenvalue weighted by atomic mass is 19.1. The molecule has 1 aromatic carbocycles. The summed E-state index contributed by atoms with van der Waals surface area (Å²) in [5.74, 6) is 0.692. The summed E-state index contributed by atoms with van der Waals surface area (Å²) in [6, 6.07) is 3.75. The number of carbonyl (C=O) groups is 1. The number of benzene rings is 1. The van der Waals surface area contributed by atoms with Crippen molar-refractivity contribution in [2.75, 3.05) is 0 Å². The van der Waals surface area contributed by atoms with Crippen molar-refractivity contribution in [3.8, 4) is 0 Å². The van der Waals surface area contributed by atoms with Crippen LogP contribution in [0.1, 0.15) is 37.7 Å². The predicted molar refractivity (Wildman–Crippen MR) is 68.6 cm³/mol.